The van der Waals surface area contributed by atoms with E-state index in [0.717, 1.165) is 45.0 Å². The first-order valence-electron chi connectivity index (χ1n) is 16.8. The fraction of sp³-hybridized carbons (Fsp3) is 0.190. The Hall–Kier alpha value is -6.02. The monoisotopic (exact) mass is 658 g/mol. The van der Waals surface area contributed by atoms with Gasteiger partial charge in [-0.2, -0.15) is 0 Å². The van der Waals surface area contributed by atoms with Gasteiger partial charge in [-0.05, 0) is 84.6 Å². The van der Waals surface area contributed by atoms with E-state index in [1.165, 1.54) is 0 Å². The number of ether oxygens (including phenoxy) is 2. The molecule has 8 nitrogen and oxygen atoms in total. The topological polar surface area (TPSA) is 104 Å². The van der Waals surface area contributed by atoms with E-state index in [1.807, 2.05) is 111 Å². The molecule has 246 valence electrons. The number of carbonyl (C=O) groups is 2. The van der Waals surface area contributed by atoms with Crippen molar-refractivity contribution in [2.45, 2.75) is 38.9 Å². The van der Waals surface area contributed by atoms with Crippen molar-refractivity contribution < 1.29 is 19.1 Å². The number of hydrogen-bond acceptors (Lipinski definition) is 8. The first kappa shape index (κ1) is 31.3. The van der Waals surface area contributed by atoms with Gasteiger partial charge in [-0.15, -0.1) is 0 Å². The van der Waals surface area contributed by atoms with Crippen molar-refractivity contribution >= 4 is 11.9 Å². The third kappa shape index (κ3) is 5.83. The van der Waals surface area contributed by atoms with Gasteiger partial charge < -0.3 is 9.47 Å². The summed E-state index contributed by atoms with van der Waals surface area (Å²) >= 11 is 0. The largest absolute Gasteiger partial charge is 0.459 e. The minimum atomic E-state index is -0.797. The molecule has 0 spiro atoms. The van der Waals surface area contributed by atoms with Gasteiger partial charge in [0.15, 0.2) is 0 Å². The Morgan fingerprint density at radius 3 is 1.16 bits per heavy atom. The number of aromatic nitrogens is 4. The Morgan fingerprint density at radius 1 is 0.460 bits per heavy atom. The highest BCUT2D eigenvalue weighted by atomic mass is 16.5. The number of carbonyl (C=O) groups excluding carboxylic acids is 2. The summed E-state index contributed by atoms with van der Waals surface area (Å²) in [6.45, 7) is 3.78. The molecule has 9 rings (SSSR count). The van der Waals surface area contributed by atoms with Crippen LogP contribution < -0.4 is 0 Å². The molecular weight excluding hydrogens is 624 g/mol. The third-order valence-electron chi connectivity index (χ3n) is 9.62. The minimum absolute atomic E-state index is 0.0405. The zero-order chi connectivity index (χ0) is 34.2. The summed E-state index contributed by atoms with van der Waals surface area (Å²) in [6, 6.07) is 38.9. The zero-order valence-corrected chi connectivity index (χ0v) is 27.7. The van der Waals surface area contributed by atoms with Gasteiger partial charge in [0, 0.05) is 23.2 Å². The van der Waals surface area contributed by atoms with Gasteiger partial charge in [-0.25, -0.2) is 9.97 Å². The summed E-state index contributed by atoms with van der Waals surface area (Å²) in [4.78, 5) is 47.2. The number of pyridine rings is 4. The second-order valence-electron chi connectivity index (χ2n) is 12.8. The van der Waals surface area contributed by atoms with E-state index in [1.54, 1.807) is 0 Å². The molecule has 2 atom stereocenters. The highest BCUT2D eigenvalue weighted by molar-refractivity contribution is 5.88. The van der Waals surface area contributed by atoms with Crippen LogP contribution in [0.15, 0.2) is 121 Å². The predicted octanol–water partition coefficient (Wildman–Crippen LogP) is 7.53. The molecule has 4 aromatic heterocycles. The summed E-state index contributed by atoms with van der Waals surface area (Å²) in [5.74, 6) is -3.26. The van der Waals surface area contributed by atoms with Gasteiger partial charge in [0.2, 0.25) is 0 Å². The Morgan fingerprint density at radius 2 is 0.800 bits per heavy atom. The van der Waals surface area contributed by atoms with Crippen LogP contribution in [0.4, 0.5) is 0 Å². The predicted molar refractivity (Wildman–Crippen MR) is 188 cm³/mol. The Kier molecular flexibility index (Phi) is 8.20. The smallest absolute Gasteiger partial charge is 0.311 e. The van der Waals surface area contributed by atoms with Crippen LogP contribution in [0.5, 0.6) is 0 Å². The second kappa shape index (κ2) is 13.1. The molecule has 0 unspecified atom stereocenters. The Balaban J connectivity index is 1.09. The molecule has 0 saturated carbocycles. The lowest BCUT2D eigenvalue weighted by Gasteiger charge is -2.48. The second-order valence-corrected chi connectivity index (χ2v) is 12.8. The van der Waals surface area contributed by atoms with E-state index in [-0.39, 0.29) is 25.0 Å². The van der Waals surface area contributed by atoms with Crippen molar-refractivity contribution in [3.05, 3.63) is 166 Å². The molecule has 8 heteroatoms. The summed E-state index contributed by atoms with van der Waals surface area (Å²) in [6.07, 6.45) is 0. The highest BCUT2D eigenvalue weighted by Gasteiger charge is 2.56. The fourth-order valence-electron chi connectivity index (χ4n) is 7.50. The molecule has 0 N–H and O–H groups in total. The lowest BCUT2D eigenvalue weighted by molar-refractivity contribution is -0.165. The Labute approximate surface area is 290 Å². The summed E-state index contributed by atoms with van der Waals surface area (Å²) in [5.41, 5.74) is 9.98. The molecule has 50 heavy (non-hydrogen) atoms. The van der Waals surface area contributed by atoms with Crippen LogP contribution >= 0.6 is 0 Å². The number of hydrogen-bond donors (Lipinski definition) is 0. The molecule has 0 saturated heterocycles. The number of nitrogens with zero attached hydrogens (tertiary/aromatic N) is 4. The van der Waals surface area contributed by atoms with E-state index < -0.39 is 23.8 Å². The van der Waals surface area contributed by atoms with Gasteiger partial charge in [-0.1, -0.05) is 72.8 Å². The molecule has 6 aromatic rings. The standard InChI is InChI=1S/C42H34N4O4/c1-25-11-7-19-33(43-25)35-21-9-13-27(45-35)23-49-41(47)39-37-29-15-3-5-17-31(29)38(32-18-6-4-16-30(32)37)40(39)42(48)50-24-28-14-10-22-36(46-28)34-20-8-12-26(2)44-34/h3-22,37-40H,23-24H2,1-2H3/t37?,38?,39-,40-/m1/s1. The van der Waals surface area contributed by atoms with E-state index in [2.05, 4.69) is 34.2 Å². The SMILES string of the molecule is Cc1cccc(-c2cccc(COC(=O)[C@@H]3C4c5ccccc5C(c5ccccc54)[C@H]3C(=O)OCc3cccc(-c4cccc(C)n4)n3)n2)n1. The van der Waals surface area contributed by atoms with Crippen LogP contribution in [0.3, 0.4) is 0 Å². The quantitative estimate of drug-likeness (QED) is 0.155. The van der Waals surface area contributed by atoms with Gasteiger partial charge in [0.1, 0.15) is 13.2 Å². The van der Waals surface area contributed by atoms with Crippen LogP contribution in [0, 0.1) is 25.7 Å². The van der Waals surface area contributed by atoms with Gasteiger partial charge in [0.05, 0.1) is 46.0 Å². The highest BCUT2D eigenvalue weighted by Crippen LogP contribution is 2.58. The molecule has 0 amide bonds. The molecule has 2 aromatic carbocycles. The fourth-order valence-corrected chi connectivity index (χ4v) is 7.50. The maximum Gasteiger partial charge on any atom is 0.311 e. The van der Waals surface area contributed by atoms with E-state index >= 15 is 0 Å². The van der Waals surface area contributed by atoms with Crippen LogP contribution in [0.1, 0.15) is 56.9 Å². The summed E-state index contributed by atoms with van der Waals surface area (Å²) in [5, 5.41) is 0. The van der Waals surface area contributed by atoms with E-state index in [9.17, 15) is 9.59 Å². The van der Waals surface area contributed by atoms with Crippen LogP contribution in [0.25, 0.3) is 22.8 Å². The molecule has 2 bridgehead atoms. The molecule has 4 heterocycles. The summed E-state index contributed by atoms with van der Waals surface area (Å²) in [7, 11) is 0. The van der Waals surface area contributed by atoms with Gasteiger partial charge >= 0.3 is 11.9 Å². The third-order valence-corrected chi connectivity index (χ3v) is 9.62. The minimum Gasteiger partial charge on any atom is -0.459 e. The lowest BCUT2D eigenvalue weighted by atomic mass is 9.54. The van der Waals surface area contributed by atoms with Crippen LogP contribution in [0.2, 0.25) is 0 Å². The number of aryl methyl sites for hydroxylation is 2. The Bertz CT molecular complexity index is 2050. The first-order valence-corrected chi connectivity index (χ1v) is 16.8. The molecule has 3 aliphatic rings. The van der Waals surface area contributed by atoms with Crippen molar-refractivity contribution in [1.29, 1.82) is 0 Å². The maximum atomic E-state index is 14.3. The van der Waals surface area contributed by atoms with Crippen molar-refractivity contribution in [3.63, 3.8) is 0 Å². The van der Waals surface area contributed by atoms with Crippen molar-refractivity contribution in [2.24, 2.45) is 11.8 Å². The summed E-state index contributed by atoms with van der Waals surface area (Å²) < 4.78 is 12.1. The number of benzene rings is 2. The lowest BCUT2D eigenvalue weighted by Crippen LogP contribution is -2.48. The number of fused-ring (bicyclic) bond motifs is 1. The maximum absolute atomic E-state index is 14.3. The van der Waals surface area contributed by atoms with Crippen molar-refractivity contribution in [1.82, 2.24) is 19.9 Å². The van der Waals surface area contributed by atoms with E-state index in [4.69, 9.17) is 19.4 Å². The average Bonchev–Trinajstić information content (AvgIpc) is 3.16. The van der Waals surface area contributed by atoms with Crippen LogP contribution in [-0.4, -0.2) is 31.9 Å². The molecule has 3 aliphatic carbocycles. The van der Waals surface area contributed by atoms with Gasteiger partial charge in [0.25, 0.3) is 0 Å². The average molecular weight is 659 g/mol. The molecule has 0 radical (unpaired) electrons. The van der Waals surface area contributed by atoms with Crippen molar-refractivity contribution in [2.75, 3.05) is 0 Å². The zero-order valence-electron chi connectivity index (χ0n) is 27.7. The van der Waals surface area contributed by atoms with Crippen molar-refractivity contribution in [3.8, 4) is 22.8 Å². The molecule has 0 aliphatic heterocycles. The van der Waals surface area contributed by atoms with E-state index in [0.29, 0.717) is 22.8 Å². The molecular formula is C42H34N4O4. The van der Waals surface area contributed by atoms with Crippen LogP contribution in [-0.2, 0) is 32.3 Å². The normalized spacial score (nSPS) is 18.5. The van der Waals surface area contributed by atoms with Gasteiger partial charge in [-0.3, -0.25) is 19.6 Å². The number of rotatable bonds is 8. The first-order chi connectivity index (χ1) is 24.4. The molecule has 0 fully saturated rings. The number of esters is 2.